The highest BCUT2D eigenvalue weighted by Crippen LogP contribution is 2.30. The van der Waals surface area contributed by atoms with Crippen molar-refractivity contribution in [3.05, 3.63) is 95.7 Å². The number of amides is 1. The molecule has 0 bridgehead atoms. The fourth-order valence-electron chi connectivity index (χ4n) is 4.58. The first-order valence-corrected chi connectivity index (χ1v) is 13.7. The molecule has 5 rings (SSSR count). The van der Waals surface area contributed by atoms with Gasteiger partial charge in [0.1, 0.15) is 22.3 Å². The molecular formula is C28H26F2N4O4S. The van der Waals surface area contributed by atoms with Gasteiger partial charge in [-0.1, -0.05) is 24.3 Å². The normalized spacial score (nSPS) is 14.4. The molecule has 0 atom stereocenters. The van der Waals surface area contributed by atoms with E-state index in [1.807, 2.05) is 4.90 Å². The molecule has 0 saturated carbocycles. The number of nitrogens with zero attached hydrogens (tertiary/aromatic N) is 3. The van der Waals surface area contributed by atoms with Gasteiger partial charge in [0.15, 0.2) is 0 Å². The van der Waals surface area contributed by atoms with Crippen LogP contribution >= 0.6 is 0 Å². The molecule has 0 spiro atoms. The van der Waals surface area contributed by atoms with Gasteiger partial charge < -0.3 is 9.64 Å². The van der Waals surface area contributed by atoms with E-state index in [-0.39, 0.29) is 22.2 Å². The van der Waals surface area contributed by atoms with Crippen LogP contribution in [0.4, 0.5) is 14.5 Å². The Bertz CT molecular complexity index is 1630. The summed E-state index contributed by atoms with van der Waals surface area (Å²) in [5.74, 6) is -1.24. The minimum atomic E-state index is -4.00. The van der Waals surface area contributed by atoms with Gasteiger partial charge in [-0.15, -0.1) is 0 Å². The standard InChI is InChI=1S/C28H26F2N4O4S/c1-38-25-16-20(28(35)34-14-12-33(13-15-34)18-21-7-9-22(29)17-23(21)30)8-10-24(25)32-39(36,37)26-6-2-4-19-5-3-11-31-27(19)26/h2-11,16-17,32H,12-15,18H2,1H3. The zero-order valence-corrected chi connectivity index (χ0v) is 21.9. The number of halogens is 2. The van der Waals surface area contributed by atoms with Crippen molar-refractivity contribution in [3.8, 4) is 5.75 Å². The Hall–Kier alpha value is -4.09. The van der Waals surface area contributed by atoms with Crippen LogP contribution in [0.25, 0.3) is 10.9 Å². The molecule has 0 unspecified atom stereocenters. The second-order valence-corrected chi connectivity index (χ2v) is 10.8. The molecule has 8 nitrogen and oxygen atoms in total. The lowest BCUT2D eigenvalue weighted by molar-refractivity contribution is 0.0626. The number of nitrogens with one attached hydrogen (secondary N) is 1. The van der Waals surface area contributed by atoms with Crippen molar-refractivity contribution < 1.29 is 26.7 Å². The maximum absolute atomic E-state index is 14.0. The Balaban J connectivity index is 1.28. The topological polar surface area (TPSA) is 91.8 Å². The number of methoxy groups -OCH3 is 1. The third kappa shape index (κ3) is 5.69. The Morgan fingerprint density at radius 1 is 1.00 bits per heavy atom. The molecule has 0 radical (unpaired) electrons. The SMILES string of the molecule is COc1cc(C(=O)N2CCN(Cc3ccc(F)cc3F)CC2)ccc1NS(=O)(=O)c1cccc2cccnc12. The van der Waals surface area contributed by atoms with E-state index in [0.29, 0.717) is 54.8 Å². The molecular weight excluding hydrogens is 526 g/mol. The summed E-state index contributed by atoms with van der Waals surface area (Å²) in [5, 5.41) is 0.691. The number of piperazine rings is 1. The molecule has 1 amide bonds. The molecule has 1 fully saturated rings. The van der Waals surface area contributed by atoms with Gasteiger partial charge in [-0.2, -0.15) is 0 Å². The fourth-order valence-corrected chi connectivity index (χ4v) is 5.83. The number of pyridine rings is 1. The quantitative estimate of drug-likeness (QED) is 0.368. The lowest BCUT2D eigenvalue weighted by Crippen LogP contribution is -2.48. The number of fused-ring (bicyclic) bond motifs is 1. The van der Waals surface area contributed by atoms with Crippen molar-refractivity contribution in [1.29, 1.82) is 0 Å². The predicted octanol–water partition coefficient (Wildman–Crippen LogP) is 4.28. The van der Waals surface area contributed by atoms with Crippen LogP contribution in [-0.2, 0) is 16.6 Å². The fraction of sp³-hybridized carbons (Fsp3) is 0.214. The van der Waals surface area contributed by atoms with Crippen LogP contribution in [0.3, 0.4) is 0 Å². The molecule has 1 aliphatic heterocycles. The van der Waals surface area contributed by atoms with Crippen LogP contribution in [-0.4, -0.2) is 62.4 Å². The average molecular weight is 553 g/mol. The number of aromatic nitrogens is 1. The summed E-state index contributed by atoms with van der Waals surface area (Å²) in [6, 6.07) is 16.5. The van der Waals surface area contributed by atoms with E-state index in [1.54, 1.807) is 35.2 Å². The van der Waals surface area contributed by atoms with Crippen LogP contribution in [0, 0.1) is 11.6 Å². The first kappa shape index (κ1) is 26.5. The number of para-hydroxylation sites is 1. The predicted molar refractivity (Wildman–Crippen MR) is 143 cm³/mol. The molecule has 39 heavy (non-hydrogen) atoms. The van der Waals surface area contributed by atoms with Crippen LogP contribution in [0.2, 0.25) is 0 Å². The molecule has 11 heteroatoms. The summed E-state index contributed by atoms with van der Waals surface area (Å²) in [6.07, 6.45) is 1.53. The van der Waals surface area contributed by atoms with Crippen LogP contribution < -0.4 is 9.46 Å². The summed E-state index contributed by atoms with van der Waals surface area (Å²) in [5.41, 5.74) is 1.28. The highest BCUT2D eigenvalue weighted by Gasteiger charge is 2.25. The third-order valence-electron chi connectivity index (χ3n) is 6.65. The van der Waals surface area contributed by atoms with Crippen molar-refractivity contribution in [2.75, 3.05) is 38.0 Å². The zero-order chi connectivity index (χ0) is 27.6. The number of hydrogen-bond donors (Lipinski definition) is 1. The first-order valence-electron chi connectivity index (χ1n) is 12.3. The Kier molecular flexibility index (Phi) is 7.45. The van der Waals surface area contributed by atoms with E-state index < -0.39 is 21.7 Å². The van der Waals surface area contributed by atoms with Crippen LogP contribution in [0.1, 0.15) is 15.9 Å². The summed E-state index contributed by atoms with van der Waals surface area (Å²) in [6.45, 7) is 2.22. The molecule has 1 aliphatic rings. The molecule has 0 aliphatic carbocycles. The molecule has 4 aromatic rings. The lowest BCUT2D eigenvalue weighted by atomic mass is 10.1. The zero-order valence-electron chi connectivity index (χ0n) is 21.1. The first-order chi connectivity index (χ1) is 18.7. The minimum Gasteiger partial charge on any atom is -0.495 e. The van der Waals surface area contributed by atoms with Gasteiger partial charge in [-0.25, -0.2) is 17.2 Å². The molecule has 3 aromatic carbocycles. The van der Waals surface area contributed by atoms with Gasteiger partial charge >= 0.3 is 0 Å². The molecule has 2 heterocycles. The Labute approximate surface area is 224 Å². The van der Waals surface area contributed by atoms with Gasteiger partial charge in [0.2, 0.25) is 0 Å². The maximum atomic E-state index is 14.0. The van der Waals surface area contributed by atoms with Gasteiger partial charge in [0.05, 0.1) is 18.3 Å². The van der Waals surface area contributed by atoms with Crippen molar-refractivity contribution in [1.82, 2.24) is 14.8 Å². The van der Waals surface area contributed by atoms with E-state index in [2.05, 4.69) is 9.71 Å². The number of ether oxygens (including phenoxy) is 1. The summed E-state index contributed by atoms with van der Waals surface area (Å²) in [4.78, 5) is 21.1. The average Bonchev–Trinajstić information content (AvgIpc) is 2.94. The third-order valence-corrected chi connectivity index (χ3v) is 8.04. The summed E-state index contributed by atoms with van der Waals surface area (Å²) >= 11 is 0. The van der Waals surface area contributed by atoms with Crippen LogP contribution in [0.15, 0.2) is 77.8 Å². The monoisotopic (exact) mass is 552 g/mol. The lowest BCUT2D eigenvalue weighted by Gasteiger charge is -2.35. The highest BCUT2D eigenvalue weighted by atomic mass is 32.2. The van der Waals surface area contributed by atoms with Crippen molar-refractivity contribution in [2.24, 2.45) is 0 Å². The molecule has 202 valence electrons. The van der Waals surface area contributed by atoms with Crippen molar-refractivity contribution in [3.63, 3.8) is 0 Å². The van der Waals surface area contributed by atoms with E-state index in [9.17, 15) is 22.0 Å². The number of sulfonamides is 1. The van der Waals surface area contributed by atoms with Crippen molar-refractivity contribution >= 4 is 32.5 Å². The number of carbonyl (C=O) groups excluding carboxylic acids is 1. The molecule has 1 saturated heterocycles. The van der Waals surface area contributed by atoms with Crippen molar-refractivity contribution in [2.45, 2.75) is 11.4 Å². The van der Waals surface area contributed by atoms with E-state index in [4.69, 9.17) is 4.74 Å². The highest BCUT2D eigenvalue weighted by molar-refractivity contribution is 7.93. The minimum absolute atomic E-state index is 0.0289. The van der Waals surface area contributed by atoms with Gasteiger partial charge in [0, 0.05) is 61.5 Å². The summed E-state index contributed by atoms with van der Waals surface area (Å²) < 4.78 is 61.6. The van der Waals surface area contributed by atoms with Gasteiger partial charge in [-0.05, 0) is 36.4 Å². The number of anilines is 1. The Morgan fingerprint density at radius 3 is 2.51 bits per heavy atom. The van der Waals surface area contributed by atoms with E-state index in [0.717, 1.165) is 6.07 Å². The molecule has 1 aromatic heterocycles. The van der Waals surface area contributed by atoms with Gasteiger partial charge in [0.25, 0.3) is 15.9 Å². The van der Waals surface area contributed by atoms with E-state index >= 15 is 0 Å². The summed E-state index contributed by atoms with van der Waals surface area (Å²) in [7, 11) is -2.61. The number of hydrogen-bond acceptors (Lipinski definition) is 6. The smallest absolute Gasteiger partial charge is 0.264 e. The van der Waals surface area contributed by atoms with Gasteiger partial charge in [-0.3, -0.25) is 19.4 Å². The second kappa shape index (κ2) is 11.0. The van der Waals surface area contributed by atoms with Crippen LogP contribution in [0.5, 0.6) is 5.75 Å². The number of rotatable bonds is 7. The number of benzene rings is 3. The number of carbonyl (C=O) groups is 1. The van der Waals surface area contributed by atoms with E-state index in [1.165, 1.54) is 43.6 Å². The second-order valence-electron chi connectivity index (χ2n) is 9.16. The Morgan fingerprint density at radius 2 is 1.77 bits per heavy atom. The largest absolute Gasteiger partial charge is 0.495 e. The maximum Gasteiger partial charge on any atom is 0.264 e. The molecule has 1 N–H and O–H groups in total.